The Morgan fingerprint density at radius 3 is 2.10 bits per heavy atom. The van der Waals surface area contributed by atoms with Crippen molar-refractivity contribution in [2.24, 2.45) is 0 Å². The van der Waals surface area contributed by atoms with Crippen molar-refractivity contribution in [3.63, 3.8) is 0 Å². The van der Waals surface area contributed by atoms with Crippen LogP contribution in [0.4, 0.5) is 5.69 Å². The minimum atomic E-state index is -3.75. The summed E-state index contributed by atoms with van der Waals surface area (Å²) in [6.45, 7) is 1.76. The minimum Gasteiger partial charge on any atom is -0.497 e. The van der Waals surface area contributed by atoms with Crippen LogP contribution < -0.4 is 13.8 Å². The number of sulfonamides is 1. The number of rotatable bonds is 6. The summed E-state index contributed by atoms with van der Waals surface area (Å²) in [5.74, 6) is 0.178. The lowest BCUT2D eigenvalue weighted by atomic mass is 10.3. The predicted molar refractivity (Wildman–Crippen MR) is 107 cm³/mol. The Balaban J connectivity index is 1.74. The second-order valence-corrected chi connectivity index (χ2v) is 8.04. The SMILES string of the molecule is COc1ccc(S(=O)(=O)N(C)c2ccc(OC(=O)c3cnc(C)cn3)cc2)cc1. The van der Waals surface area contributed by atoms with Gasteiger partial charge in [-0.2, -0.15) is 0 Å². The number of ether oxygens (including phenoxy) is 2. The van der Waals surface area contributed by atoms with Crippen LogP contribution in [0.1, 0.15) is 16.2 Å². The van der Waals surface area contributed by atoms with Gasteiger partial charge in [0, 0.05) is 13.2 Å². The molecule has 0 fully saturated rings. The van der Waals surface area contributed by atoms with E-state index in [9.17, 15) is 13.2 Å². The zero-order chi connectivity index (χ0) is 21.0. The van der Waals surface area contributed by atoms with Crippen LogP contribution in [0.25, 0.3) is 0 Å². The molecule has 0 aliphatic rings. The number of nitrogens with zero attached hydrogens (tertiary/aromatic N) is 3. The normalized spacial score (nSPS) is 11.0. The van der Waals surface area contributed by atoms with Gasteiger partial charge in [-0.25, -0.2) is 18.2 Å². The minimum absolute atomic E-state index is 0.0823. The van der Waals surface area contributed by atoms with Gasteiger partial charge in [0.05, 0.1) is 29.6 Å². The molecular formula is C20H19N3O5S. The van der Waals surface area contributed by atoms with E-state index < -0.39 is 16.0 Å². The number of benzene rings is 2. The first-order chi connectivity index (χ1) is 13.8. The van der Waals surface area contributed by atoms with Gasteiger partial charge < -0.3 is 9.47 Å². The van der Waals surface area contributed by atoms with Gasteiger partial charge in [-0.05, 0) is 55.5 Å². The Hall–Kier alpha value is -3.46. The zero-order valence-corrected chi connectivity index (χ0v) is 16.9. The largest absolute Gasteiger partial charge is 0.497 e. The molecular weight excluding hydrogens is 394 g/mol. The lowest BCUT2D eigenvalue weighted by Crippen LogP contribution is -2.26. The van der Waals surface area contributed by atoms with Gasteiger partial charge in [0.25, 0.3) is 10.0 Å². The molecule has 0 bridgehead atoms. The van der Waals surface area contributed by atoms with E-state index in [1.54, 1.807) is 31.2 Å². The predicted octanol–water partition coefficient (Wildman–Crippen LogP) is 2.84. The molecule has 0 aliphatic heterocycles. The van der Waals surface area contributed by atoms with Crippen LogP contribution in [0.2, 0.25) is 0 Å². The van der Waals surface area contributed by atoms with Gasteiger partial charge in [0.15, 0.2) is 5.69 Å². The highest BCUT2D eigenvalue weighted by atomic mass is 32.2. The lowest BCUT2D eigenvalue weighted by molar-refractivity contribution is 0.0728. The molecule has 9 heteroatoms. The molecule has 0 N–H and O–H groups in total. The Kier molecular flexibility index (Phi) is 5.79. The molecule has 29 heavy (non-hydrogen) atoms. The van der Waals surface area contributed by atoms with E-state index in [2.05, 4.69) is 9.97 Å². The van der Waals surface area contributed by atoms with E-state index in [0.717, 1.165) is 4.31 Å². The van der Waals surface area contributed by atoms with Crippen LogP contribution in [-0.4, -0.2) is 38.5 Å². The highest BCUT2D eigenvalue weighted by Gasteiger charge is 2.21. The van der Waals surface area contributed by atoms with Crippen molar-refractivity contribution in [2.45, 2.75) is 11.8 Å². The van der Waals surface area contributed by atoms with Crippen molar-refractivity contribution in [1.82, 2.24) is 9.97 Å². The summed E-state index contributed by atoms with van der Waals surface area (Å²) >= 11 is 0. The summed E-state index contributed by atoms with van der Waals surface area (Å²) in [4.78, 5) is 20.2. The molecule has 1 aromatic heterocycles. The summed E-state index contributed by atoms with van der Waals surface area (Å²) in [5, 5.41) is 0. The second-order valence-electron chi connectivity index (χ2n) is 6.07. The number of aryl methyl sites for hydroxylation is 1. The number of carbonyl (C=O) groups is 1. The number of aromatic nitrogens is 2. The second kappa shape index (κ2) is 8.27. The first-order valence-corrected chi connectivity index (χ1v) is 9.99. The monoisotopic (exact) mass is 413 g/mol. The van der Waals surface area contributed by atoms with Crippen molar-refractivity contribution in [2.75, 3.05) is 18.5 Å². The highest BCUT2D eigenvalue weighted by Crippen LogP contribution is 2.25. The molecule has 0 spiro atoms. The van der Waals surface area contributed by atoms with E-state index in [0.29, 0.717) is 17.1 Å². The number of hydrogen-bond acceptors (Lipinski definition) is 7. The fourth-order valence-electron chi connectivity index (χ4n) is 2.43. The molecule has 2 aromatic carbocycles. The summed E-state index contributed by atoms with van der Waals surface area (Å²) in [7, 11) is -0.792. The number of carbonyl (C=O) groups excluding carboxylic acids is 1. The molecule has 0 atom stereocenters. The van der Waals surface area contributed by atoms with Gasteiger partial charge in [0.2, 0.25) is 0 Å². The maximum absolute atomic E-state index is 12.8. The fourth-order valence-corrected chi connectivity index (χ4v) is 3.62. The van der Waals surface area contributed by atoms with Crippen LogP contribution in [-0.2, 0) is 10.0 Å². The molecule has 0 radical (unpaired) electrons. The fraction of sp³-hybridized carbons (Fsp3) is 0.150. The molecule has 3 aromatic rings. The van der Waals surface area contributed by atoms with Crippen molar-refractivity contribution < 1.29 is 22.7 Å². The standard InChI is InChI=1S/C20H19N3O5S/c1-14-12-22-19(13-21-14)20(24)28-17-6-4-15(5-7-17)23(2)29(25,26)18-10-8-16(27-3)9-11-18/h4-13H,1-3H3. The number of anilines is 1. The van der Waals surface area contributed by atoms with Crippen LogP contribution >= 0.6 is 0 Å². The average molecular weight is 413 g/mol. The maximum Gasteiger partial charge on any atom is 0.363 e. The van der Waals surface area contributed by atoms with Crippen molar-refractivity contribution in [3.8, 4) is 11.5 Å². The molecule has 0 amide bonds. The van der Waals surface area contributed by atoms with Crippen LogP contribution in [0, 0.1) is 6.92 Å². The van der Waals surface area contributed by atoms with Gasteiger partial charge in [-0.15, -0.1) is 0 Å². The zero-order valence-electron chi connectivity index (χ0n) is 16.1. The number of methoxy groups -OCH3 is 1. The molecule has 0 saturated carbocycles. The van der Waals surface area contributed by atoms with E-state index in [-0.39, 0.29) is 16.3 Å². The molecule has 8 nitrogen and oxygen atoms in total. The Morgan fingerprint density at radius 2 is 1.55 bits per heavy atom. The Bertz CT molecular complexity index is 1100. The van der Waals surface area contributed by atoms with Crippen LogP contribution in [0.5, 0.6) is 11.5 Å². The van der Waals surface area contributed by atoms with Gasteiger partial charge in [0.1, 0.15) is 11.5 Å². The van der Waals surface area contributed by atoms with Crippen molar-refractivity contribution >= 4 is 21.7 Å². The van der Waals surface area contributed by atoms with E-state index in [1.807, 2.05) is 0 Å². The summed E-state index contributed by atoms with van der Waals surface area (Å²) in [5.41, 5.74) is 1.18. The average Bonchev–Trinajstić information content (AvgIpc) is 2.74. The quantitative estimate of drug-likeness (QED) is 0.453. The van der Waals surface area contributed by atoms with Crippen LogP contribution in [0.3, 0.4) is 0 Å². The molecule has 0 unspecified atom stereocenters. The third-order valence-corrected chi connectivity index (χ3v) is 5.92. The lowest BCUT2D eigenvalue weighted by Gasteiger charge is -2.20. The molecule has 1 heterocycles. The number of esters is 1. The van der Waals surface area contributed by atoms with E-state index in [4.69, 9.17) is 9.47 Å². The summed E-state index contributed by atoms with van der Waals surface area (Å²) in [6.07, 6.45) is 2.81. The molecule has 0 saturated heterocycles. The van der Waals surface area contributed by atoms with Gasteiger partial charge in [-0.1, -0.05) is 0 Å². The summed E-state index contributed by atoms with van der Waals surface area (Å²) in [6, 6.07) is 12.2. The third-order valence-electron chi connectivity index (χ3n) is 4.12. The smallest absolute Gasteiger partial charge is 0.363 e. The first kappa shape index (κ1) is 20.3. The van der Waals surface area contributed by atoms with Crippen molar-refractivity contribution in [1.29, 1.82) is 0 Å². The molecule has 0 aliphatic carbocycles. The molecule has 150 valence electrons. The number of hydrogen-bond donors (Lipinski definition) is 0. The molecule has 3 rings (SSSR count). The first-order valence-electron chi connectivity index (χ1n) is 8.55. The Morgan fingerprint density at radius 1 is 0.931 bits per heavy atom. The Labute approximate surface area is 168 Å². The highest BCUT2D eigenvalue weighted by molar-refractivity contribution is 7.92. The topological polar surface area (TPSA) is 98.7 Å². The summed E-state index contributed by atoms with van der Waals surface area (Å²) < 4.78 is 37.0. The third kappa shape index (κ3) is 4.52. The van der Waals surface area contributed by atoms with Gasteiger partial charge in [-0.3, -0.25) is 9.29 Å². The van der Waals surface area contributed by atoms with Crippen LogP contribution in [0.15, 0.2) is 65.8 Å². The van der Waals surface area contributed by atoms with Crippen molar-refractivity contribution in [3.05, 3.63) is 72.3 Å². The maximum atomic E-state index is 12.8. The van der Waals surface area contributed by atoms with E-state index >= 15 is 0 Å². The van der Waals surface area contributed by atoms with Gasteiger partial charge >= 0.3 is 5.97 Å². The van der Waals surface area contributed by atoms with E-state index in [1.165, 1.54) is 50.8 Å².